The number of aromatic nitrogens is 2. The Hall–Kier alpha value is -4.92. The van der Waals surface area contributed by atoms with Gasteiger partial charge < -0.3 is 50.2 Å². The van der Waals surface area contributed by atoms with Gasteiger partial charge >= 0.3 is 33.3 Å². The molecule has 0 bridgehead atoms. The summed E-state index contributed by atoms with van der Waals surface area (Å²) in [5, 5.41) is 41.0. The van der Waals surface area contributed by atoms with Crippen molar-refractivity contribution >= 4 is 33.4 Å². The summed E-state index contributed by atoms with van der Waals surface area (Å²) in [6.07, 6.45) is 40.6. The molecule has 1 aromatic rings. The van der Waals surface area contributed by atoms with Gasteiger partial charge in [0, 0.05) is 19.0 Å². The number of anilines is 1. The molecular weight excluding hydrogens is 1020 g/mol. The number of nitrogens with two attached hydrogens (primary N) is 1. The van der Waals surface area contributed by atoms with Crippen LogP contribution in [0.15, 0.2) is 139 Å². The number of esters is 2. The first-order valence-corrected chi connectivity index (χ1v) is 28.8. The van der Waals surface area contributed by atoms with Crippen LogP contribution in [0.3, 0.4) is 0 Å². The SMILES string of the molecule is CC/C=C\C/C=C\C/C=C\C/C=C\CCCCCCC(=O)OC[C@H](COP(=O)(O)OP(=O)(O)OC[C@H]1O[C@@H](n2ccc(N)nc2=O)[C@H](O)[C@@H]1O)OC(=O)CC/C=C\C/C=C\C[C@@H](O)/C=C/C=C\C=C\[C@@H](O)C/C=C\CC. The normalized spacial score (nSPS) is 20.5. The summed E-state index contributed by atoms with van der Waals surface area (Å²) >= 11 is 0. The molecule has 2 unspecified atom stereocenters. The Morgan fingerprint density at radius 2 is 1.24 bits per heavy atom. The molecule has 0 aromatic carbocycles. The van der Waals surface area contributed by atoms with Crippen LogP contribution in [0.5, 0.6) is 0 Å². The first kappa shape index (κ1) is 67.2. The van der Waals surface area contributed by atoms with E-state index in [9.17, 15) is 53.7 Å². The first-order chi connectivity index (χ1) is 36.5. The van der Waals surface area contributed by atoms with Gasteiger partial charge in [-0.3, -0.25) is 23.2 Å². The van der Waals surface area contributed by atoms with Crippen molar-refractivity contribution < 1.29 is 76.5 Å². The Morgan fingerprint density at radius 3 is 1.86 bits per heavy atom. The smallest absolute Gasteiger partial charge is 0.462 e. The van der Waals surface area contributed by atoms with E-state index in [0.717, 1.165) is 68.6 Å². The number of aliphatic hydroxyl groups excluding tert-OH is 4. The van der Waals surface area contributed by atoms with Crippen molar-refractivity contribution in [3.8, 4) is 0 Å². The molecule has 0 aliphatic carbocycles. The number of carbonyl (C=O) groups excluding carboxylic acids is 2. The molecule has 0 spiro atoms. The van der Waals surface area contributed by atoms with Gasteiger partial charge in [0.05, 0.1) is 25.4 Å². The molecule has 1 aromatic heterocycles. The molecule has 22 heteroatoms. The van der Waals surface area contributed by atoms with Gasteiger partial charge in [0.1, 0.15) is 30.7 Å². The Morgan fingerprint density at radius 1 is 0.697 bits per heavy atom. The topological polar surface area (TPSA) is 306 Å². The van der Waals surface area contributed by atoms with Gasteiger partial charge in [-0.25, -0.2) is 13.9 Å². The highest BCUT2D eigenvalue weighted by molar-refractivity contribution is 7.61. The fraction of sp³-hybridized carbons (Fsp3) is 0.519. The summed E-state index contributed by atoms with van der Waals surface area (Å²) in [6, 6.07) is 1.23. The molecule has 1 aliphatic heterocycles. The van der Waals surface area contributed by atoms with E-state index in [1.807, 2.05) is 31.2 Å². The highest BCUT2D eigenvalue weighted by Crippen LogP contribution is 2.60. The fourth-order valence-electron chi connectivity index (χ4n) is 6.74. The Labute approximate surface area is 447 Å². The number of ether oxygens (including phenoxy) is 3. The Balaban J connectivity index is 1.88. The molecule has 0 amide bonds. The molecule has 424 valence electrons. The average molecular weight is 1110 g/mol. The van der Waals surface area contributed by atoms with Gasteiger partial charge in [-0.15, -0.1) is 0 Å². The monoisotopic (exact) mass is 1110 g/mol. The maximum Gasteiger partial charge on any atom is 0.481 e. The van der Waals surface area contributed by atoms with Gasteiger partial charge in [0.15, 0.2) is 12.3 Å². The number of rotatable bonds is 40. The number of unbranched alkanes of at least 4 members (excludes halogenated alkanes) is 4. The Kier molecular flexibility index (Phi) is 35.6. The predicted octanol–water partition coefficient (Wildman–Crippen LogP) is 8.72. The predicted molar refractivity (Wildman–Crippen MR) is 291 cm³/mol. The van der Waals surface area contributed by atoms with Crippen LogP contribution in [0.4, 0.5) is 5.82 Å². The lowest BCUT2D eigenvalue weighted by Gasteiger charge is -2.21. The molecule has 76 heavy (non-hydrogen) atoms. The van der Waals surface area contributed by atoms with Gasteiger partial charge in [-0.05, 0) is 83.1 Å². The first-order valence-electron chi connectivity index (χ1n) is 25.8. The minimum absolute atomic E-state index is 0.0528. The van der Waals surface area contributed by atoms with Gasteiger partial charge in [-0.1, -0.05) is 148 Å². The van der Waals surface area contributed by atoms with Crippen LogP contribution in [-0.2, 0) is 46.3 Å². The molecule has 8 N–H and O–H groups in total. The van der Waals surface area contributed by atoms with E-state index in [0.29, 0.717) is 25.7 Å². The van der Waals surface area contributed by atoms with Crippen LogP contribution in [0.25, 0.3) is 0 Å². The standard InChI is InChI=1S/C54H81N3O17P2/c1-3-5-7-8-9-10-11-12-13-14-15-16-17-18-19-23-31-37-49(60)69-41-46(72-50(61)38-32-24-21-20-22-28-34-45(59)36-30-26-25-29-35-44(58)33-27-6-4-2)42-70-75(65,66)74-76(67,68)71-43-47-51(62)52(63)53(73-47)57-40-39-48(55)56-54(57)64/h5-7,9-10,12-13,15-16,21-22,24-30,35-36,39-40,44-47,51-53,58-59,62-63H,3-4,8,11,14,17-20,23,31-34,37-38,41-43H2,1-2H3,(H,65,66)(H,67,68)(H2,55,56,64)/b7-5-,10-9-,13-12-,16-15-,24-21-,26-25-,27-6-,28-22-,35-29+,36-30+/t44-,45+,46+,47+,51+,52+,53+/m0/s1. The lowest BCUT2D eigenvalue weighted by molar-refractivity contribution is -0.161. The van der Waals surface area contributed by atoms with E-state index < -0.39 is 95.9 Å². The number of nitrogens with zero attached hydrogens (tertiary/aromatic N) is 2. The fourth-order valence-corrected chi connectivity index (χ4v) is 8.85. The molecule has 1 saturated heterocycles. The van der Waals surface area contributed by atoms with Crippen molar-refractivity contribution in [2.45, 2.75) is 159 Å². The van der Waals surface area contributed by atoms with E-state index in [2.05, 4.69) is 64.8 Å². The zero-order valence-corrected chi connectivity index (χ0v) is 45.5. The zero-order valence-electron chi connectivity index (χ0n) is 43.7. The number of nitrogen functional groups attached to an aromatic ring is 1. The summed E-state index contributed by atoms with van der Waals surface area (Å²) in [7, 11) is -11.0. The zero-order chi connectivity index (χ0) is 55.9. The minimum atomic E-state index is -5.48. The summed E-state index contributed by atoms with van der Waals surface area (Å²) in [4.78, 5) is 61.9. The van der Waals surface area contributed by atoms with Gasteiger partial charge in [0.2, 0.25) is 0 Å². The maximum absolute atomic E-state index is 12.9. The third kappa shape index (κ3) is 32.6. The van der Waals surface area contributed by atoms with Crippen LogP contribution in [-0.4, -0.2) is 108 Å². The molecule has 2 rings (SSSR count). The second kappa shape index (κ2) is 40.3. The Bertz CT molecular complexity index is 2290. The molecule has 1 aliphatic rings. The summed E-state index contributed by atoms with van der Waals surface area (Å²) < 4.78 is 56.6. The number of hydrogen-bond donors (Lipinski definition) is 7. The van der Waals surface area contributed by atoms with Crippen LogP contribution >= 0.6 is 15.6 Å². The van der Waals surface area contributed by atoms with Gasteiger partial charge in [-0.2, -0.15) is 9.29 Å². The second-order valence-corrected chi connectivity index (χ2v) is 20.3. The van der Waals surface area contributed by atoms with Crippen molar-refractivity contribution in [2.24, 2.45) is 0 Å². The molecule has 9 atom stereocenters. The van der Waals surface area contributed by atoms with Gasteiger partial charge in [0.25, 0.3) is 0 Å². The third-order valence-corrected chi connectivity index (χ3v) is 13.3. The molecular formula is C54H81N3O17P2. The lowest BCUT2D eigenvalue weighted by atomic mass is 10.1. The molecule has 0 saturated carbocycles. The quantitative estimate of drug-likeness (QED) is 0.0106. The van der Waals surface area contributed by atoms with Crippen molar-refractivity contribution in [1.29, 1.82) is 0 Å². The van der Waals surface area contributed by atoms with E-state index in [-0.39, 0.29) is 25.1 Å². The van der Waals surface area contributed by atoms with Crippen molar-refractivity contribution in [2.75, 3.05) is 25.6 Å². The van der Waals surface area contributed by atoms with Crippen molar-refractivity contribution in [1.82, 2.24) is 9.55 Å². The lowest BCUT2D eigenvalue weighted by Crippen LogP contribution is -2.36. The highest BCUT2D eigenvalue weighted by Gasteiger charge is 2.46. The van der Waals surface area contributed by atoms with Crippen LogP contribution in [0, 0.1) is 0 Å². The van der Waals surface area contributed by atoms with Crippen molar-refractivity contribution in [3.63, 3.8) is 0 Å². The van der Waals surface area contributed by atoms with Crippen LogP contribution < -0.4 is 11.4 Å². The number of hydrogen-bond acceptors (Lipinski definition) is 17. The van der Waals surface area contributed by atoms with Crippen LogP contribution in [0.2, 0.25) is 0 Å². The highest BCUT2D eigenvalue weighted by atomic mass is 31.3. The molecule has 1 fully saturated rings. The summed E-state index contributed by atoms with van der Waals surface area (Å²) in [6.45, 7) is 1.64. The number of phosphoric ester groups is 2. The summed E-state index contributed by atoms with van der Waals surface area (Å²) in [5.74, 6) is -1.52. The van der Waals surface area contributed by atoms with E-state index in [1.165, 1.54) is 6.07 Å². The van der Waals surface area contributed by atoms with Crippen molar-refractivity contribution in [3.05, 3.63) is 144 Å². The molecule has 0 radical (unpaired) electrons. The molecule has 2 heterocycles. The number of carbonyl (C=O) groups is 2. The third-order valence-electron chi connectivity index (χ3n) is 10.7. The average Bonchev–Trinajstić information content (AvgIpc) is 3.65. The molecule has 20 nitrogen and oxygen atoms in total. The minimum Gasteiger partial charge on any atom is -0.462 e. The van der Waals surface area contributed by atoms with Crippen LogP contribution in [0.1, 0.15) is 123 Å². The van der Waals surface area contributed by atoms with E-state index >= 15 is 0 Å². The number of aliphatic hydroxyl groups is 4. The van der Waals surface area contributed by atoms with E-state index in [1.54, 1.807) is 48.6 Å². The summed E-state index contributed by atoms with van der Waals surface area (Å²) in [5.41, 5.74) is 4.56. The van der Waals surface area contributed by atoms with E-state index in [4.69, 9.17) is 29.0 Å². The number of phosphoric acid groups is 2. The second-order valence-electron chi connectivity index (χ2n) is 17.3. The number of allylic oxidation sites excluding steroid dienone is 16. The maximum atomic E-state index is 12.9. The largest absolute Gasteiger partial charge is 0.481 e.